The van der Waals surface area contributed by atoms with E-state index < -0.39 is 11.9 Å². The fourth-order valence-corrected chi connectivity index (χ4v) is 4.05. The number of anilines is 1. The third-order valence-corrected chi connectivity index (χ3v) is 6.09. The Hall–Kier alpha value is -4.42. The Bertz CT molecular complexity index is 1480. The Balaban J connectivity index is 1.73. The van der Waals surface area contributed by atoms with Crippen LogP contribution in [0.15, 0.2) is 72.9 Å². The van der Waals surface area contributed by atoms with Crippen LogP contribution >= 0.6 is 11.6 Å². The number of nitrogens with zero attached hydrogens (tertiary/aromatic N) is 4. The molecule has 0 radical (unpaired) electrons. The summed E-state index contributed by atoms with van der Waals surface area (Å²) in [5.41, 5.74) is 6.59. The highest BCUT2D eigenvalue weighted by Gasteiger charge is 2.32. The molecule has 0 spiro atoms. The number of halogens is 4. The van der Waals surface area contributed by atoms with Crippen molar-refractivity contribution in [2.24, 2.45) is 0 Å². The number of hydrogen-bond acceptors (Lipinski definition) is 5. The third-order valence-electron chi connectivity index (χ3n) is 5.84. The number of aromatic nitrogens is 2. The molecule has 0 atom stereocenters. The number of benzene rings is 2. The van der Waals surface area contributed by atoms with Crippen LogP contribution in [0, 0.1) is 18.3 Å². The molecule has 192 valence electrons. The lowest BCUT2D eigenvalue weighted by atomic mass is 9.94. The summed E-state index contributed by atoms with van der Waals surface area (Å²) in [5.74, 6) is 0.357. The second kappa shape index (κ2) is 11.3. The normalized spacial score (nSPS) is 11.1. The Morgan fingerprint density at radius 1 is 1.03 bits per heavy atom. The van der Waals surface area contributed by atoms with E-state index in [0.29, 0.717) is 28.4 Å². The molecule has 0 unspecified atom stereocenters. The first kappa shape index (κ1) is 26.6. The van der Waals surface area contributed by atoms with Gasteiger partial charge in [0.1, 0.15) is 5.69 Å². The van der Waals surface area contributed by atoms with Crippen molar-refractivity contribution in [3.05, 3.63) is 100 Å². The first-order valence-corrected chi connectivity index (χ1v) is 11.8. The predicted octanol–water partition coefficient (Wildman–Crippen LogP) is 6.84. The van der Waals surface area contributed by atoms with E-state index in [1.54, 1.807) is 18.3 Å². The van der Waals surface area contributed by atoms with E-state index in [0.717, 1.165) is 28.3 Å². The van der Waals surface area contributed by atoms with Crippen molar-refractivity contribution in [2.45, 2.75) is 26.1 Å². The monoisotopic (exact) mass is 535 g/mol. The number of aryl methyl sites for hydroxylation is 1. The zero-order valence-electron chi connectivity index (χ0n) is 20.1. The molecular weight excluding hydrogens is 515 g/mol. The van der Waals surface area contributed by atoms with Crippen LogP contribution in [0.25, 0.3) is 22.3 Å². The first-order valence-electron chi connectivity index (χ1n) is 11.4. The van der Waals surface area contributed by atoms with E-state index in [4.69, 9.17) is 16.9 Å². The van der Waals surface area contributed by atoms with Gasteiger partial charge in [0, 0.05) is 22.5 Å². The second-order valence-electron chi connectivity index (χ2n) is 8.40. The number of nitrogens with one attached hydrogen (secondary N) is 1. The zero-order valence-corrected chi connectivity index (χ0v) is 20.9. The third kappa shape index (κ3) is 6.10. The Kier molecular flexibility index (Phi) is 7.93. The molecule has 38 heavy (non-hydrogen) atoms. The van der Waals surface area contributed by atoms with Crippen molar-refractivity contribution in [3.63, 3.8) is 0 Å². The van der Waals surface area contributed by atoms with Gasteiger partial charge < -0.3 is 0 Å². The van der Waals surface area contributed by atoms with Crippen molar-refractivity contribution in [3.8, 4) is 28.3 Å². The maximum Gasteiger partial charge on any atom is 0.433 e. The number of pyridine rings is 2. The van der Waals surface area contributed by atoms with Gasteiger partial charge in [-0.2, -0.15) is 18.4 Å². The Labute approximate surface area is 222 Å². The molecule has 0 aliphatic rings. The van der Waals surface area contributed by atoms with Gasteiger partial charge in [-0.05, 0) is 59.0 Å². The lowest BCUT2D eigenvalue weighted by molar-refractivity contribution is -0.141. The van der Waals surface area contributed by atoms with Gasteiger partial charge >= 0.3 is 6.18 Å². The predicted molar refractivity (Wildman–Crippen MR) is 139 cm³/mol. The summed E-state index contributed by atoms with van der Waals surface area (Å²) >= 11 is 6.08. The molecule has 0 aliphatic heterocycles. The SMILES string of the molecule is Cc1nc(C(F)(F)F)ccc1CN(C=O)Nc1nccc(-c2ccc(Cl)cc2)c1-c1ccc(CC#N)cc1. The number of hydrazine groups is 1. The van der Waals surface area contributed by atoms with Gasteiger partial charge in [-0.15, -0.1) is 0 Å². The highest BCUT2D eigenvalue weighted by atomic mass is 35.5. The van der Waals surface area contributed by atoms with Crippen molar-refractivity contribution >= 4 is 23.8 Å². The average molecular weight is 536 g/mol. The molecule has 1 N–H and O–H groups in total. The molecule has 4 aromatic rings. The standard InChI is InChI=1S/C28H21ClF3N5O/c1-18-22(8-11-25(35-18)28(30,31)32)16-37(17-38)36-27-26(21-4-2-19(3-5-21)12-14-33)24(13-15-34-27)20-6-9-23(29)10-7-20/h2-11,13,15,17H,12,16H2,1H3,(H,34,36). The summed E-state index contributed by atoms with van der Waals surface area (Å²) in [5, 5.41) is 10.8. The largest absolute Gasteiger partial charge is 0.433 e. The Morgan fingerprint density at radius 3 is 2.32 bits per heavy atom. The molecular formula is C28H21ClF3N5O. The molecule has 0 bridgehead atoms. The molecule has 10 heteroatoms. The molecule has 2 aromatic heterocycles. The minimum atomic E-state index is -4.56. The minimum Gasteiger partial charge on any atom is -0.279 e. The van der Waals surface area contributed by atoms with Gasteiger partial charge in [0.15, 0.2) is 5.82 Å². The highest BCUT2D eigenvalue weighted by Crippen LogP contribution is 2.37. The smallest absolute Gasteiger partial charge is 0.279 e. The number of hydrogen-bond donors (Lipinski definition) is 1. The van der Waals surface area contributed by atoms with Crippen LogP contribution in [0.3, 0.4) is 0 Å². The van der Waals surface area contributed by atoms with Crippen LogP contribution in [0.1, 0.15) is 22.5 Å². The summed E-state index contributed by atoms with van der Waals surface area (Å²) in [6.45, 7) is 1.41. The first-order chi connectivity index (χ1) is 18.2. The summed E-state index contributed by atoms with van der Waals surface area (Å²) in [6.07, 6.45) is -2.17. The molecule has 1 amide bonds. The maximum absolute atomic E-state index is 13.0. The van der Waals surface area contributed by atoms with Crippen LogP contribution < -0.4 is 5.43 Å². The van der Waals surface area contributed by atoms with Crippen LogP contribution in [0.2, 0.25) is 5.02 Å². The fourth-order valence-electron chi connectivity index (χ4n) is 3.93. The van der Waals surface area contributed by atoms with Crippen molar-refractivity contribution in [1.82, 2.24) is 15.0 Å². The minimum absolute atomic E-state index is 0.0477. The quantitative estimate of drug-likeness (QED) is 0.197. The van der Waals surface area contributed by atoms with Crippen LogP contribution in [0.5, 0.6) is 0 Å². The summed E-state index contributed by atoms with van der Waals surface area (Å²) < 4.78 is 39.0. The van der Waals surface area contributed by atoms with Crippen molar-refractivity contribution in [1.29, 1.82) is 5.26 Å². The summed E-state index contributed by atoms with van der Waals surface area (Å²) in [7, 11) is 0. The summed E-state index contributed by atoms with van der Waals surface area (Å²) in [4.78, 5) is 20.1. The zero-order chi connectivity index (χ0) is 27.3. The number of alkyl halides is 3. The van der Waals surface area contributed by atoms with Crippen molar-refractivity contribution < 1.29 is 18.0 Å². The van der Waals surface area contributed by atoms with Crippen molar-refractivity contribution in [2.75, 3.05) is 5.43 Å². The van der Waals surface area contributed by atoms with Gasteiger partial charge in [-0.3, -0.25) is 15.2 Å². The van der Waals surface area contributed by atoms with Crippen LogP contribution in [0.4, 0.5) is 19.0 Å². The van der Waals surface area contributed by atoms with E-state index in [-0.39, 0.29) is 18.7 Å². The molecule has 0 saturated heterocycles. The van der Waals surface area contributed by atoms with E-state index in [9.17, 15) is 18.0 Å². The van der Waals surface area contributed by atoms with E-state index in [1.807, 2.05) is 42.5 Å². The van der Waals surface area contributed by atoms with Gasteiger partial charge in [0.05, 0.1) is 19.0 Å². The molecule has 0 saturated carbocycles. The Morgan fingerprint density at radius 2 is 1.71 bits per heavy atom. The number of nitriles is 1. The summed E-state index contributed by atoms with van der Waals surface area (Å²) in [6, 6.07) is 20.8. The van der Waals surface area contributed by atoms with Gasteiger partial charge in [-0.25, -0.2) is 9.97 Å². The van der Waals surface area contributed by atoms with Gasteiger partial charge in [0.2, 0.25) is 6.41 Å². The maximum atomic E-state index is 13.0. The molecule has 2 aromatic carbocycles. The number of amides is 1. The molecule has 4 rings (SSSR count). The van der Waals surface area contributed by atoms with Crippen LogP contribution in [-0.4, -0.2) is 21.4 Å². The highest BCUT2D eigenvalue weighted by molar-refractivity contribution is 6.30. The van der Waals surface area contributed by atoms with E-state index in [1.165, 1.54) is 18.0 Å². The average Bonchev–Trinajstić information content (AvgIpc) is 2.90. The number of rotatable bonds is 8. The lowest BCUT2D eigenvalue weighted by Gasteiger charge is -2.23. The molecule has 6 nitrogen and oxygen atoms in total. The topological polar surface area (TPSA) is 81.9 Å². The lowest BCUT2D eigenvalue weighted by Crippen LogP contribution is -2.29. The van der Waals surface area contributed by atoms with E-state index in [2.05, 4.69) is 21.5 Å². The number of carbonyl (C=O) groups is 1. The van der Waals surface area contributed by atoms with Crippen LogP contribution in [-0.2, 0) is 23.9 Å². The molecule has 0 aliphatic carbocycles. The fraction of sp³-hybridized carbons (Fsp3) is 0.143. The molecule has 0 fully saturated rings. The number of carbonyl (C=O) groups excluding carboxylic acids is 1. The van der Waals surface area contributed by atoms with E-state index >= 15 is 0 Å². The van der Waals surface area contributed by atoms with Gasteiger partial charge in [-0.1, -0.05) is 54.1 Å². The second-order valence-corrected chi connectivity index (χ2v) is 8.84. The van der Waals surface area contributed by atoms with Gasteiger partial charge in [0.25, 0.3) is 0 Å². The molecule has 2 heterocycles.